The van der Waals surface area contributed by atoms with Crippen LogP contribution in [0.5, 0.6) is 5.75 Å². The van der Waals surface area contributed by atoms with E-state index in [9.17, 15) is 13.2 Å². The molecular weight excluding hydrogens is 406 g/mol. The molecule has 0 aliphatic rings. The lowest BCUT2D eigenvalue weighted by molar-refractivity contribution is -0.122. The summed E-state index contributed by atoms with van der Waals surface area (Å²) in [6, 6.07) is 14.8. The van der Waals surface area contributed by atoms with Crippen LogP contribution < -0.4 is 14.8 Å². The number of hydrogen-bond donors (Lipinski definition) is 2. The molecule has 2 aromatic carbocycles. The lowest BCUT2D eigenvalue weighted by Crippen LogP contribution is -2.30. The van der Waals surface area contributed by atoms with Crippen molar-refractivity contribution in [1.29, 1.82) is 0 Å². The van der Waals surface area contributed by atoms with E-state index in [1.54, 1.807) is 13.8 Å². The van der Waals surface area contributed by atoms with E-state index in [4.69, 9.17) is 9.26 Å². The van der Waals surface area contributed by atoms with Gasteiger partial charge in [0.15, 0.2) is 11.9 Å². The van der Waals surface area contributed by atoms with Gasteiger partial charge in [0.2, 0.25) is 0 Å². The molecular formula is C21H23N3O5S. The largest absolute Gasteiger partial charge is 0.481 e. The number of nitrogens with zero attached hydrogens (tertiary/aromatic N) is 1. The molecule has 3 aromatic rings. The normalized spacial score (nSPS) is 12.2. The quantitative estimate of drug-likeness (QED) is 0.564. The van der Waals surface area contributed by atoms with Gasteiger partial charge in [0.25, 0.3) is 15.9 Å². The Bertz CT molecular complexity index is 1110. The highest BCUT2D eigenvalue weighted by Crippen LogP contribution is 2.19. The first-order valence-corrected chi connectivity index (χ1v) is 10.9. The molecule has 0 saturated heterocycles. The van der Waals surface area contributed by atoms with E-state index in [2.05, 4.69) is 22.1 Å². The van der Waals surface area contributed by atoms with Crippen LogP contribution in [0.15, 0.2) is 64.0 Å². The van der Waals surface area contributed by atoms with Gasteiger partial charge in [-0.05, 0) is 62.2 Å². The number of anilines is 2. The molecule has 0 fully saturated rings. The Kier molecular flexibility index (Phi) is 6.41. The predicted octanol–water partition coefficient (Wildman–Crippen LogP) is 3.75. The fourth-order valence-corrected chi connectivity index (χ4v) is 3.62. The first kappa shape index (κ1) is 21.4. The number of nitrogens with one attached hydrogen (secondary N) is 2. The Morgan fingerprint density at radius 3 is 2.37 bits per heavy atom. The number of aromatic nitrogens is 1. The van der Waals surface area contributed by atoms with Crippen molar-refractivity contribution in [2.24, 2.45) is 0 Å². The summed E-state index contributed by atoms with van der Waals surface area (Å²) in [6.07, 6.45) is 0.202. The minimum absolute atomic E-state index is 0.0291. The van der Waals surface area contributed by atoms with Crippen molar-refractivity contribution in [3.05, 3.63) is 65.9 Å². The molecule has 2 N–H and O–H groups in total. The predicted molar refractivity (Wildman–Crippen MR) is 113 cm³/mol. The Balaban J connectivity index is 1.60. The molecule has 8 nitrogen and oxygen atoms in total. The van der Waals surface area contributed by atoms with Gasteiger partial charge in [-0.1, -0.05) is 24.2 Å². The van der Waals surface area contributed by atoms with Crippen LogP contribution in [0, 0.1) is 6.92 Å². The average molecular weight is 429 g/mol. The lowest BCUT2D eigenvalue weighted by atomic mass is 10.2. The smallest absolute Gasteiger partial charge is 0.265 e. The van der Waals surface area contributed by atoms with Crippen LogP contribution in [0.1, 0.15) is 25.2 Å². The molecule has 30 heavy (non-hydrogen) atoms. The summed E-state index contributed by atoms with van der Waals surface area (Å²) in [5.74, 6) is 0.845. The second-order valence-corrected chi connectivity index (χ2v) is 8.38. The van der Waals surface area contributed by atoms with Gasteiger partial charge >= 0.3 is 0 Å². The second kappa shape index (κ2) is 9.00. The van der Waals surface area contributed by atoms with Gasteiger partial charge < -0.3 is 14.6 Å². The summed E-state index contributed by atoms with van der Waals surface area (Å²) >= 11 is 0. The molecule has 1 aromatic heterocycles. The molecule has 0 aliphatic heterocycles. The topological polar surface area (TPSA) is 111 Å². The number of rotatable bonds is 8. The summed E-state index contributed by atoms with van der Waals surface area (Å²) in [4.78, 5) is 12.4. The van der Waals surface area contributed by atoms with Crippen molar-refractivity contribution in [3.8, 4) is 5.75 Å². The van der Waals surface area contributed by atoms with Gasteiger partial charge in [-0.2, -0.15) is 0 Å². The van der Waals surface area contributed by atoms with Crippen LogP contribution in [0.2, 0.25) is 0 Å². The summed E-state index contributed by atoms with van der Waals surface area (Å²) < 4.78 is 37.6. The van der Waals surface area contributed by atoms with E-state index < -0.39 is 16.1 Å². The number of hydrogen-bond acceptors (Lipinski definition) is 6. The van der Waals surface area contributed by atoms with Crippen LogP contribution in [0.25, 0.3) is 0 Å². The first-order chi connectivity index (χ1) is 14.3. The maximum absolute atomic E-state index is 12.4. The van der Waals surface area contributed by atoms with Gasteiger partial charge in [0.1, 0.15) is 11.5 Å². The SMILES string of the molecule is CCc1ccc(O[C@@H](C)C(=O)Nc2ccc(S(=O)(=O)Nc3cc(C)on3)cc2)cc1. The Labute approximate surface area is 175 Å². The molecule has 3 rings (SSSR count). The number of aryl methyl sites for hydroxylation is 2. The summed E-state index contributed by atoms with van der Waals surface area (Å²) in [5.41, 5.74) is 1.63. The van der Waals surface area contributed by atoms with E-state index >= 15 is 0 Å². The Morgan fingerprint density at radius 1 is 1.13 bits per heavy atom. The summed E-state index contributed by atoms with van der Waals surface area (Å²) in [7, 11) is -3.82. The monoisotopic (exact) mass is 429 g/mol. The molecule has 1 amide bonds. The lowest BCUT2D eigenvalue weighted by Gasteiger charge is -2.15. The van der Waals surface area contributed by atoms with E-state index in [1.807, 2.05) is 24.3 Å². The maximum atomic E-state index is 12.4. The molecule has 158 valence electrons. The summed E-state index contributed by atoms with van der Waals surface area (Å²) in [5, 5.41) is 6.32. The molecule has 1 atom stereocenters. The average Bonchev–Trinajstić information content (AvgIpc) is 3.12. The Hall–Kier alpha value is -3.33. The maximum Gasteiger partial charge on any atom is 0.265 e. The highest BCUT2D eigenvalue weighted by molar-refractivity contribution is 7.92. The third-order valence-electron chi connectivity index (χ3n) is 4.31. The van der Waals surface area contributed by atoms with Crippen molar-refractivity contribution in [1.82, 2.24) is 5.16 Å². The van der Waals surface area contributed by atoms with Crippen molar-refractivity contribution in [2.75, 3.05) is 10.0 Å². The molecule has 0 spiro atoms. The van der Waals surface area contributed by atoms with Crippen molar-refractivity contribution in [2.45, 2.75) is 38.2 Å². The van der Waals surface area contributed by atoms with Crippen molar-refractivity contribution in [3.63, 3.8) is 0 Å². The minimum atomic E-state index is -3.82. The van der Waals surface area contributed by atoms with Crippen LogP contribution in [0.3, 0.4) is 0 Å². The number of carbonyl (C=O) groups excluding carboxylic acids is 1. The molecule has 0 radical (unpaired) electrons. The fraction of sp³-hybridized carbons (Fsp3) is 0.238. The summed E-state index contributed by atoms with van der Waals surface area (Å²) in [6.45, 7) is 5.37. The van der Waals surface area contributed by atoms with E-state index in [-0.39, 0.29) is 16.6 Å². The zero-order valence-electron chi connectivity index (χ0n) is 16.9. The molecule has 0 unspecified atom stereocenters. The zero-order valence-corrected chi connectivity index (χ0v) is 17.7. The molecule has 9 heteroatoms. The van der Waals surface area contributed by atoms with Gasteiger partial charge in [0.05, 0.1) is 4.90 Å². The van der Waals surface area contributed by atoms with Crippen LogP contribution in [-0.2, 0) is 21.2 Å². The van der Waals surface area contributed by atoms with E-state index in [1.165, 1.54) is 35.9 Å². The highest BCUT2D eigenvalue weighted by Gasteiger charge is 2.18. The number of ether oxygens (including phenoxy) is 1. The molecule has 1 heterocycles. The number of benzene rings is 2. The standard InChI is InChI=1S/C21H23N3O5S/c1-4-16-5-9-18(10-6-16)28-15(3)21(25)22-17-7-11-19(12-8-17)30(26,27)24-20-13-14(2)29-23-20/h5-13,15H,4H2,1-3H3,(H,22,25)(H,23,24)/t15-/m0/s1. The number of sulfonamides is 1. The molecule has 0 saturated carbocycles. The van der Waals surface area contributed by atoms with Gasteiger partial charge in [-0.15, -0.1) is 0 Å². The number of carbonyl (C=O) groups is 1. The van der Waals surface area contributed by atoms with Crippen molar-refractivity contribution >= 4 is 27.4 Å². The third-order valence-corrected chi connectivity index (χ3v) is 5.68. The van der Waals surface area contributed by atoms with E-state index in [0.717, 1.165) is 6.42 Å². The van der Waals surface area contributed by atoms with Gasteiger partial charge in [0, 0.05) is 11.8 Å². The van der Waals surface area contributed by atoms with Crippen LogP contribution in [0.4, 0.5) is 11.5 Å². The molecule has 0 bridgehead atoms. The zero-order chi connectivity index (χ0) is 21.7. The molecule has 0 aliphatic carbocycles. The van der Waals surface area contributed by atoms with Crippen LogP contribution >= 0.6 is 0 Å². The minimum Gasteiger partial charge on any atom is -0.481 e. The highest BCUT2D eigenvalue weighted by atomic mass is 32.2. The Morgan fingerprint density at radius 2 is 1.80 bits per heavy atom. The third kappa shape index (κ3) is 5.38. The second-order valence-electron chi connectivity index (χ2n) is 6.70. The first-order valence-electron chi connectivity index (χ1n) is 9.39. The number of amides is 1. The van der Waals surface area contributed by atoms with E-state index in [0.29, 0.717) is 17.2 Å². The van der Waals surface area contributed by atoms with Gasteiger partial charge in [-0.25, -0.2) is 8.42 Å². The van der Waals surface area contributed by atoms with Gasteiger partial charge in [-0.3, -0.25) is 9.52 Å². The van der Waals surface area contributed by atoms with Crippen LogP contribution in [-0.4, -0.2) is 25.6 Å². The fourth-order valence-electron chi connectivity index (χ4n) is 2.63. The van der Waals surface area contributed by atoms with Crippen molar-refractivity contribution < 1.29 is 22.5 Å².